The topological polar surface area (TPSA) is 0 Å². The Morgan fingerprint density at radius 3 is 2.67 bits per heavy atom. The Bertz CT molecular complexity index is 118. The smallest absolute Gasteiger partial charge is 0.105 e. The number of hydrogen-bond donors (Lipinski definition) is 0. The van der Waals surface area contributed by atoms with Crippen LogP contribution in [0.4, 0.5) is 4.20 Å². The van der Waals surface area contributed by atoms with Crippen LogP contribution in [0.15, 0.2) is 11.4 Å². The van der Waals surface area contributed by atoms with Crippen molar-refractivity contribution in [1.29, 1.82) is 0 Å². The SMILES string of the molecule is CP(F)C1=CCCCC1. The first-order valence-electron chi connectivity index (χ1n) is 3.39. The fourth-order valence-corrected chi connectivity index (χ4v) is 1.95. The van der Waals surface area contributed by atoms with Gasteiger partial charge < -0.3 is 0 Å². The number of halogens is 1. The average Bonchev–Trinajstić information content (AvgIpc) is 1.90. The lowest BCUT2D eigenvalue weighted by atomic mass is 10.1. The molecule has 1 atom stereocenters. The van der Waals surface area contributed by atoms with Crippen LogP contribution < -0.4 is 0 Å². The van der Waals surface area contributed by atoms with E-state index in [4.69, 9.17) is 0 Å². The fourth-order valence-electron chi connectivity index (χ4n) is 1.10. The van der Waals surface area contributed by atoms with E-state index in [2.05, 4.69) is 6.08 Å². The zero-order chi connectivity index (χ0) is 6.69. The predicted molar refractivity (Wildman–Crippen MR) is 40.5 cm³/mol. The third-order valence-corrected chi connectivity index (χ3v) is 2.86. The molecule has 1 rings (SSSR count). The quantitative estimate of drug-likeness (QED) is 0.497. The van der Waals surface area contributed by atoms with Gasteiger partial charge in [0.15, 0.2) is 0 Å². The first-order valence-corrected chi connectivity index (χ1v) is 5.07. The summed E-state index contributed by atoms with van der Waals surface area (Å²) in [5.74, 6) is 0. The van der Waals surface area contributed by atoms with E-state index in [1.807, 2.05) is 0 Å². The molecular formula is C7H12FP. The Kier molecular flexibility index (Phi) is 2.65. The second kappa shape index (κ2) is 3.31. The van der Waals surface area contributed by atoms with Gasteiger partial charge in [-0.3, -0.25) is 0 Å². The summed E-state index contributed by atoms with van der Waals surface area (Å²) < 4.78 is 12.6. The molecule has 0 amide bonds. The van der Waals surface area contributed by atoms with Gasteiger partial charge in [0.1, 0.15) is 8.23 Å². The Morgan fingerprint density at radius 1 is 1.56 bits per heavy atom. The molecule has 0 bridgehead atoms. The van der Waals surface area contributed by atoms with Crippen LogP contribution in [0.25, 0.3) is 0 Å². The second-order valence-corrected chi connectivity index (χ2v) is 3.95. The van der Waals surface area contributed by atoms with Gasteiger partial charge in [-0.05, 0) is 37.7 Å². The minimum Gasteiger partial charge on any atom is -0.223 e. The van der Waals surface area contributed by atoms with E-state index < -0.39 is 8.23 Å². The molecule has 0 aromatic heterocycles. The Hall–Kier alpha value is 0.100. The molecule has 2 heteroatoms. The van der Waals surface area contributed by atoms with Crippen LogP contribution in [-0.2, 0) is 0 Å². The molecule has 0 aromatic carbocycles. The predicted octanol–water partition coefficient (Wildman–Crippen LogP) is 3.44. The van der Waals surface area contributed by atoms with Gasteiger partial charge in [-0.1, -0.05) is 6.08 Å². The lowest BCUT2D eigenvalue weighted by molar-refractivity contribution is 0.716. The van der Waals surface area contributed by atoms with Crippen molar-refractivity contribution in [2.75, 3.05) is 6.66 Å². The summed E-state index contributed by atoms with van der Waals surface area (Å²) in [6, 6.07) is 0. The lowest BCUT2D eigenvalue weighted by Gasteiger charge is -2.12. The van der Waals surface area contributed by atoms with Crippen molar-refractivity contribution in [2.45, 2.75) is 25.7 Å². The van der Waals surface area contributed by atoms with Crippen molar-refractivity contribution in [3.05, 3.63) is 11.4 Å². The number of hydrogen-bond acceptors (Lipinski definition) is 0. The van der Waals surface area contributed by atoms with Crippen LogP contribution in [0, 0.1) is 0 Å². The molecule has 1 aliphatic carbocycles. The molecule has 1 unspecified atom stereocenters. The van der Waals surface area contributed by atoms with Crippen molar-refractivity contribution in [3.63, 3.8) is 0 Å². The largest absolute Gasteiger partial charge is 0.223 e. The van der Waals surface area contributed by atoms with Gasteiger partial charge in [0.2, 0.25) is 0 Å². The van der Waals surface area contributed by atoms with Gasteiger partial charge in [-0.15, -0.1) is 0 Å². The van der Waals surface area contributed by atoms with Crippen molar-refractivity contribution in [1.82, 2.24) is 0 Å². The van der Waals surface area contributed by atoms with Crippen molar-refractivity contribution in [2.24, 2.45) is 0 Å². The zero-order valence-corrected chi connectivity index (χ0v) is 6.63. The fraction of sp³-hybridized carbons (Fsp3) is 0.714. The van der Waals surface area contributed by atoms with E-state index >= 15 is 0 Å². The first kappa shape index (κ1) is 7.21. The average molecular weight is 146 g/mol. The molecule has 0 N–H and O–H groups in total. The normalized spacial score (nSPS) is 23.1. The first-order chi connectivity index (χ1) is 4.30. The minimum absolute atomic E-state index is 1.01. The summed E-state index contributed by atoms with van der Waals surface area (Å²) in [5, 5.41) is 1.08. The highest BCUT2D eigenvalue weighted by Crippen LogP contribution is 2.46. The van der Waals surface area contributed by atoms with E-state index in [0.29, 0.717) is 0 Å². The van der Waals surface area contributed by atoms with Crippen LogP contribution in [0.5, 0.6) is 0 Å². The van der Waals surface area contributed by atoms with Gasteiger partial charge in [0, 0.05) is 0 Å². The highest BCUT2D eigenvalue weighted by atomic mass is 31.2. The maximum atomic E-state index is 12.6. The highest BCUT2D eigenvalue weighted by Gasteiger charge is 2.09. The second-order valence-electron chi connectivity index (χ2n) is 2.42. The van der Waals surface area contributed by atoms with Crippen molar-refractivity contribution in [3.8, 4) is 0 Å². The standard InChI is InChI=1S/C7H12FP/c1-9(8)7-5-3-2-4-6-7/h5H,2-4,6H2,1H3. The minimum atomic E-state index is -1.26. The van der Waals surface area contributed by atoms with Gasteiger partial charge in [0.25, 0.3) is 0 Å². The molecule has 0 spiro atoms. The Labute approximate surface area is 57.0 Å². The summed E-state index contributed by atoms with van der Waals surface area (Å²) in [6.45, 7) is 1.69. The van der Waals surface area contributed by atoms with Crippen LogP contribution in [-0.4, -0.2) is 6.66 Å². The molecule has 0 radical (unpaired) electrons. The third-order valence-electron chi connectivity index (χ3n) is 1.66. The van der Waals surface area contributed by atoms with Gasteiger partial charge in [-0.25, -0.2) is 4.20 Å². The Balaban J connectivity index is 2.46. The molecular weight excluding hydrogens is 134 g/mol. The van der Waals surface area contributed by atoms with E-state index in [9.17, 15) is 4.20 Å². The van der Waals surface area contributed by atoms with E-state index in [1.165, 1.54) is 12.8 Å². The molecule has 0 saturated heterocycles. The molecule has 1 aliphatic rings. The zero-order valence-electron chi connectivity index (χ0n) is 5.73. The van der Waals surface area contributed by atoms with Gasteiger partial charge in [0.05, 0.1) is 0 Å². The van der Waals surface area contributed by atoms with Crippen LogP contribution in [0.2, 0.25) is 0 Å². The third kappa shape index (κ3) is 2.06. The van der Waals surface area contributed by atoms with E-state index in [-0.39, 0.29) is 0 Å². The van der Waals surface area contributed by atoms with E-state index in [0.717, 1.165) is 18.2 Å². The molecule has 0 aliphatic heterocycles. The van der Waals surface area contributed by atoms with E-state index in [1.54, 1.807) is 6.66 Å². The van der Waals surface area contributed by atoms with Crippen LogP contribution >= 0.6 is 8.23 Å². The van der Waals surface area contributed by atoms with Crippen LogP contribution in [0.3, 0.4) is 0 Å². The molecule has 0 heterocycles. The monoisotopic (exact) mass is 146 g/mol. The van der Waals surface area contributed by atoms with Gasteiger partial charge >= 0.3 is 0 Å². The maximum Gasteiger partial charge on any atom is 0.105 e. The van der Waals surface area contributed by atoms with Gasteiger partial charge in [-0.2, -0.15) is 0 Å². The summed E-state index contributed by atoms with van der Waals surface area (Å²) >= 11 is 0. The molecule has 0 aromatic rings. The summed E-state index contributed by atoms with van der Waals surface area (Å²) in [6.07, 6.45) is 6.65. The molecule has 0 saturated carbocycles. The summed E-state index contributed by atoms with van der Waals surface area (Å²) in [5.41, 5.74) is 0. The highest BCUT2D eigenvalue weighted by molar-refractivity contribution is 7.55. The number of rotatable bonds is 1. The molecule has 52 valence electrons. The van der Waals surface area contributed by atoms with Crippen molar-refractivity contribution >= 4 is 8.23 Å². The lowest BCUT2D eigenvalue weighted by Crippen LogP contribution is -1.87. The molecule has 0 fully saturated rings. The van der Waals surface area contributed by atoms with Crippen molar-refractivity contribution < 1.29 is 4.20 Å². The maximum absolute atomic E-state index is 12.6. The number of allylic oxidation sites excluding steroid dienone is 2. The van der Waals surface area contributed by atoms with Crippen LogP contribution in [0.1, 0.15) is 25.7 Å². The summed E-state index contributed by atoms with van der Waals surface area (Å²) in [7, 11) is -1.26. The summed E-state index contributed by atoms with van der Waals surface area (Å²) in [4.78, 5) is 0. The Morgan fingerprint density at radius 2 is 2.33 bits per heavy atom. The molecule has 9 heavy (non-hydrogen) atoms. The molecule has 0 nitrogen and oxygen atoms in total.